The summed E-state index contributed by atoms with van der Waals surface area (Å²) < 4.78 is 1.79. The average molecular weight is 383 g/mol. The zero-order valence-corrected chi connectivity index (χ0v) is 15.0. The first-order chi connectivity index (χ1) is 11.1. The normalized spacial score (nSPS) is 10.1. The highest BCUT2D eigenvalue weighted by molar-refractivity contribution is 6.42. The van der Waals surface area contributed by atoms with Crippen molar-refractivity contribution in [3.63, 3.8) is 0 Å². The topological polar surface area (TPSA) is 46.9 Å². The minimum absolute atomic E-state index is 0. The Bertz CT molecular complexity index is 863. The monoisotopic (exact) mass is 381 g/mol. The van der Waals surface area contributed by atoms with Crippen molar-refractivity contribution in [1.82, 2.24) is 9.55 Å². The third kappa shape index (κ3) is 3.73. The van der Waals surface area contributed by atoms with Crippen molar-refractivity contribution in [2.24, 2.45) is 7.05 Å². The number of aromatic nitrogens is 2. The van der Waals surface area contributed by atoms with E-state index in [-0.39, 0.29) is 18.3 Å². The van der Waals surface area contributed by atoms with E-state index in [1.54, 1.807) is 35.0 Å². The first-order valence-electron chi connectivity index (χ1n) is 6.90. The lowest BCUT2D eigenvalue weighted by Gasteiger charge is -2.08. The molecule has 0 bridgehead atoms. The molecular weight excluding hydrogens is 369 g/mol. The van der Waals surface area contributed by atoms with E-state index in [1.807, 2.05) is 31.3 Å². The Morgan fingerprint density at radius 3 is 2.46 bits per heavy atom. The van der Waals surface area contributed by atoms with E-state index in [4.69, 9.17) is 23.2 Å². The lowest BCUT2D eigenvalue weighted by molar-refractivity contribution is 0.102. The molecule has 0 saturated carbocycles. The highest BCUT2D eigenvalue weighted by atomic mass is 35.5. The molecule has 0 spiro atoms. The number of amides is 1. The second kappa shape index (κ2) is 7.71. The van der Waals surface area contributed by atoms with Crippen LogP contribution in [0.1, 0.15) is 10.4 Å². The highest BCUT2D eigenvalue weighted by Gasteiger charge is 2.13. The van der Waals surface area contributed by atoms with Gasteiger partial charge in [-0.15, -0.1) is 12.4 Å². The molecular formula is C17H14Cl3N3O. The molecule has 24 heavy (non-hydrogen) atoms. The summed E-state index contributed by atoms with van der Waals surface area (Å²) in [6, 6.07) is 14.3. The number of anilines is 1. The van der Waals surface area contributed by atoms with Gasteiger partial charge in [0.2, 0.25) is 5.95 Å². The molecule has 0 atom stereocenters. The van der Waals surface area contributed by atoms with Crippen LogP contribution in [0.15, 0.2) is 54.7 Å². The molecule has 1 amide bonds. The summed E-state index contributed by atoms with van der Waals surface area (Å²) in [6.45, 7) is 0. The van der Waals surface area contributed by atoms with Crippen LogP contribution in [0.4, 0.5) is 5.95 Å². The molecule has 1 aromatic heterocycles. The van der Waals surface area contributed by atoms with Gasteiger partial charge in [0.25, 0.3) is 5.91 Å². The fraction of sp³-hybridized carbons (Fsp3) is 0.0588. The molecule has 1 N–H and O–H groups in total. The molecule has 4 nitrogen and oxygen atoms in total. The molecule has 0 aliphatic heterocycles. The van der Waals surface area contributed by atoms with Crippen LogP contribution in [0.25, 0.3) is 11.3 Å². The molecule has 0 aliphatic carbocycles. The number of nitrogens with one attached hydrogen (secondary N) is 1. The summed E-state index contributed by atoms with van der Waals surface area (Å²) >= 11 is 12.0. The largest absolute Gasteiger partial charge is 0.313 e. The number of hydrogen-bond donors (Lipinski definition) is 1. The summed E-state index contributed by atoms with van der Waals surface area (Å²) in [7, 11) is 1.82. The minimum atomic E-state index is -0.208. The van der Waals surface area contributed by atoms with Crippen molar-refractivity contribution < 1.29 is 4.79 Å². The maximum atomic E-state index is 12.2. The molecule has 0 aliphatic rings. The van der Waals surface area contributed by atoms with Gasteiger partial charge < -0.3 is 4.57 Å². The number of carbonyl (C=O) groups excluding carboxylic acids is 1. The number of nitrogens with zero attached hydrogens (tertiary/aromatic N) is 2. The van der Waals surface area contributed by atoms with E-state index in [1.165, 1.54) is 0 Å². The summed E-state index contributed by atoms with van der Waals surface area (Å²) in [4.78, 5) is 16.5. The van der Waals surface area contributed by atoms with Crippen molar-refractivity contribution in [2.45, 2.75) is 0 Å². The Balaban J connectivity index is 0.00000208. The van der Waals surface area contributed by atoms with Crippen molar-refractivity contribution >= 4 is 47.5 Å². The van der Waals surface area contributed by atoms with Crippen molar-refractivity contribution in [3.05, 3.63) is 70.3 Å². The first kappa shape index (κ1) is 18.3. The summed E-state index contributed by atoms with van der Waals surface area (Å²) in [6.07, 6.45) is 1.68. The first-order valence-corrected chi connectivity index (χ1v) is 7.65. The second-order valence-corrected chi connectivity index (χ2v) is 5.79. The van der Waals surface area contributed by atoms with Crippen molar-refractivity contribution in [2.75, 3.05) is 5.32 Å². The maximum absolute atomic E-state index is 12.2. The highest BCUT2D eigenvalue weighted by Crippen LogP contribution is 2.29. The molecule has 2 aromatic carbocycles. The maximum Gasteiger partial charge on any atom is 0.257 e. The smallest absolute Gasteiger partial charge is 0.257 e. The molecule has 124 valence electrons. The van der Waals surface area contributed by atoms with E-state index in [9.17, 15) is 4.79 Å². The van der Waals surface area contributed by atoms with Gasteiger partial charge in [-0.3, -0.25) is 10.1 Å². The molecule has 0 unspecified atom stereocenters. The fourth-order valence-electron chi connectivity index (χ4n) is 2.21. The second-order valence-electron chi connectivity index (χ2n) is 4.98. The lowest BCUT2D eigenvalue weighted by Crippen LogP contribution is -2.15. The summed E-state index contributed by atoms with van der Waals surface area (Å²) in [5, 5.41) is 3.76. The van der Waals surface area contributed by atoms with Crippen LogP contribution >= 0.6 is 35.6 Å². The summed E-state index contributed by atoms with van der Waals surface area (Å²) in [5.74, 6) is 0.250. The molecule has 7 heteroatoms. The van der Waals surface area contributed by atoms with E-state index < -0.39 is 0 Å². The third-order valence-electron chi connectivity index (χ3n) is 3.46. The molecule has 0 radical (unpaired) electrons. The van der Waals surface area contributed by atoms with Crippen LogP contribution < -0.4 is 5.32 Å². The van der Waals surface area contributed by atoms with Gasteiger partial charge in [0.05, 0.1) is 21.9 Å². The quantitative estimate of drug-likeness (QED) is 0.687. The van der Waals surface area contributed by atoms with E-state index in [0.717, 1.165) is 11.3 Å². The van der Waals surface area contributed by atoms with Crippen LogP contribution in [0.3, 0.4) is 0 Å². The third-order valence-corrected chi connectivity index (χ3v) is 4.20. The molecule has 3 rings (SSSR count). The zero-order valence-electron chi connectivity index (χ0n) is 12.7. The predicted molar refractivity (Wildman–Crippen MR) is 100 cm³/mol. The Morgan fingerprint density at radius 2 is 1.79 bits per heavy atom. The Kier molecular flexibility index (Phi) is 5.89. The van der Waals surface area contributed by atoms with Crippen LogP contribution in [-0.4, -0.2) is 15.5 Å². The van der Waals surface area contributed by atoms with Gasteiger partial charge in [0, 0.05) is 18.2 Å². The molecule has 3 aromatic rings. The number of rotatable bonds is 3. The van der Waals surface area contributed by atoms with Gasteiger partial charge >= 0.3 is 0 Å². The average Bonchev–Trinajstić information content (AvgIpc) is 2.92. The van der Waals surface area contributed by atoms with Crippen LogP contribution in [0, 0.1) is 0 Å². The standard InChI is InChI=1S/C17H13Cl2N3O.ClH/c1-22-15(12-7-8-13(18)14(19)9-12)10-20-17(22)21-16(23)11-5-3-2-4-6-11;/h2-10H,1H3,(H,20,21,23);1H. The SMILES string of the molecule is Cl.Cn1c(-c2ccc(Cl)c(Cl)c2)cnc1NC(=O)c1ccccc1. The van der Waals surface area contributed by atoms with Gasteiger partial charge in [0.1, 0.15) is 0 Å². The molecule has 0 fully saturated rings. The Morgan fingerprint density at radius 1 is 1.08 bits per heavy atom. The van der Waals surface area contributed by atoms with E-state index in [2.05, 4.69) is 10.3 Å². The van der Waals surface area contributed by atoms with Gasteiger partial charge in [0.15, 0.2) is 0 Å². The fourth-order valence-corrected chi connectivity index (χ4v) is 2.51. The predicted octanol–water partition coefficient (Wildman–Crippen LogP) is 5.07. The van der Waals surface area contributed by atoms with Gasteiger partial charge in [-0.05, 0) is 24.3 Å². The minimum Gasteiger partial charge on any atom is -0.313 e. The lowest BCUT2D eigenvalue weighted by atomic mass is 10.2. The van der Waals surface area contributed by atoms with Crippen molar-refractivity contribution in [3.8, 4) is 11.3 Å². The van der Waals surface area contributed by atoms with E-state index in [0.29, 0.717) is 21.6 Å². The van der Waals surface area contributed by atoms with Crippen molar-refractivity contribution in [1.29, 1.82) is 0 Å². The molecule has 1 heterocycles. The van der Waals surface area contributed by atoms with Crippen LogP contribution in [-0.2, 0) is 7.05 Å². The molecule has 0 saturated heterocycles. The number of benzene rings is 2. The van der Waals surface area contributed by atoms with Gasteiger partial charge in [-0.1, -0.05) is 47.5 Å². The van der Waals surface area contributed by atoms with E-state index >= 15 is 0 Å². The Hall–Kier alpha value is -2.01. The number of hydrogen-bond acceptors (Lipinski definition) is 2. The van der Waals surface area contributed by atoms with Gasteiger partial charge in [-0.2, -0.15) is 0 Å². The number of imidazole rings is 1. The Labute approximate surface area is 155 Å². The summed E-state index contributed by atoms with van der Waals surface area (Å²) in [5.41, 5.74) is 2.27. The number of halogens is 3. The van der Waals surface area contributed by atoms with Crippen LogP contribution in [0.2, 0.25) is 10.0 Å². The number of carbonyl (C=O) groups is 1. The zero-order chi connectivity index (χ0) is 16.4. The van der Waals surface area contributed by atoms with Gasteiger partial charge in [-0.25, -0.2) is 4.98 Å². The van der Waals surface area contributed by atoms with Crippen LogP contribution in [0.5, 0.6) is 0 Å².